The summed E-state index contributed by atoms with van der Waals surface area (Å²) in [5.74, 6) is 6.45. The molecule has 2 aromatic carbocycles. The molecule has 0 radical (unpaired) electrons. The van der Waals surface area contributed by atoms with Crippen molar-refractivity contribution in [3.8, 4) is 11.5 Å². The predicted octanol–water partition coefficient (Wildman–Crippen LogP) is 7.19. The van der Waals surface area contributed by atoms with Gasteiger partial charge in [0.2, 0.25) is 0 Å². The van der Waals surface area contributed by atoms with Crippen molar-refractivity contribution < 1.29 is 9.47 Å². The van der Waals surface area contributed by atoms with E-state index in [0.29, 0.717) is 11.8 Å². The van der Waals surface area contributed by atoms with Gasteiger partial charge in [-0.1, -0.05) is 62.4 Å². The highest BCUT2D eigenvalue weighted by molar-refractivity contribution is 5.42. The fourth-order valence-corrected chi connectivity index (χ4v) is 6.68. The van der Waals surface area contributed by atoms with Crippen molar-refractivity contribution in [3.63, 3.8) is 0 Å². The molecule has 4 aliphatic rings. The minimum absolute atomic E-state index is 0.0676. The number of hydrogen-bond acceptors (Lipinski definition) is 2. The fraction of sp³-hybridized carbons (Fsp3) is 0.484. The molecule has 0 amide bonds. The lowest BCUT2D eigenvalue weighted by Crippen LogP contribution is -2.19. The van der Waals surface area contributed by atoms with Gasteiger partial charge in [0.15, 0.2) is 0 Å². The summed E-state index contributed by atoms with van der Waals surface area (Å²) in [5, 5.41) is 0. The maximum atomic E-state index is 6.16. The highest BCUT2D eigenvalue weighted by Gasteiger charge is 2.36. The van der Waals surface area contributed by atoms with Gasteiger partial charge in [0.25, 0.3) is 0 Å². The second-order valence-corrected chi connectivity index (χ2v) is 11.4. The van der Waals surface area contributed by atoms with E-state index in [-0.39, 0.29) is 5.41 Å². The first-order valence-corrected chi connectivity index (χ1v) is 12.9. The molecule has 0 aliphatic heterocycles. The topological polar surface area (TPSA) is 18.5 Å². The van der Waals surface area contributed by atoms with Crippen LogP contribution >= 0.6 is 0 Å². The summed E-state index contributed by atoms with van der Waals surface area (Å²) < 4.78 is 12.3. The van der Waals surface area contributed by atoms with Crippen molar-refractivity contribution in [3.05, 3.63) is 84.0 Å². The first kappa shape index (κ1) is 21.1. The lowest BCUT2D eigenvalue weighted by Gasteiger charge is -2.27. The minimum Gasteiger partial charge on any atom is -0.493 e. The lowest BCUT2D eigenvalue weighted by atomic mass is 9.78. The summed E-state index contributed by atoms with van der Waals surface area (Å²) in [6.07, 6.45) is 14.9. The molecule has 0 aromatic heterocycles. The summed E-state index contributed by atoms with van der Waals surface area (Å²) in [6, 6.07) is 17.5. The van der Waals surface area contributed by atoms with Crippen LogP contribution in [0.1, 0.15) is 50.7 Å². The number of rotatable bonds is 8. The Balaban J connectivity index is 1.05. The molecule has 6 rings (SSSR count). The van der Waals surface area contributed by atoms with Gasteiger partial charge in [-0.2, -0.15) is 0 Å². The number of hydrogen-bond donors (Lipinski definition) is 0. The zero-order valence-corrected chi connectivity index (χ0v) is 20.0. The van der Waals surface area contributed by atoms with E-state index in [1.165, 1.54) is 36.8 Å². The molecule has 2 fully saturated rings. The van der Waals surface area contributed by atoms with Gasteiger partial charge < -0.3 is 9.47 Å². The zero-order valence-electron chi connectivity index (χ0n) is 20.0. The molecule has 33 heavy (non-hydrogen) atoms. The maximum absolute atomic E-state index is 6.16. The number of allylic oxidation sites excluding steroid dienone is 4. The van der Waals surface area contributed by atoms with E-state index in [1.54, 1.807) is 0 Å². The van der Waals surface area contributed by atoms with Crippen LogP contribution in [0.2, 0.25) is 0 Å². The van der Waals surface area contributed by atoms with Crippen LogP contribution in [-0.4, -0.2) is 13.2 Å². The molecule has 6 unspecified atom stereocenters. The van der Waals surface area contributed by atoms with Crippen LogP contribution < -0.4 is 9.47 Å². The standard InChI is InChI=1S/C31H36O2/c1-31(2,27-7-11-29(12-8-27)32-19-25-17-21-3-5-23(25)15-21)28-9-13-30(14-10-28)33-20-26-18-22-4-6-24(26)16-22/h3-14,21-26H,15-20H2,1-2H3. The molecule has 0 saturated heterocycles. The molecule has 2 heteroatoms. The molecule has 2 nitrogen and oxygen atoms in total. The molecule has 6 atom stereocenters. The Morgan fingerprint density at radius 1 is 0.606 bits per heavy atom. The quantitative estimate of drug-likeness (QED) is 0.404. The third-order valence-corrected chi connectivity index (χ3v) is 8.91. The maximum Gasteiger partial charge on any atom is 0.119 e. The van der Waals surface area contributed by atoms with Crippen molar-refractivity contribution in [2.45, 2.75) is 44.9 Å². The van der Waals surface area contributed by atoms with E-state index in [9.17, 15) is 0 Å². The number of benzene rings is 2. The number of ether oxygens (including phenoxy) is 2. The summed E-state index contributed by atoms with van der Waals surface area (Å²) in [5.41, 5.74) is 2.54. The van der Waals surface area contributed by atoms with Gasteiger partial charge in [0.1, 0.15) is 11.5 Å². The first-order valence-electron chi connectivity index (χ1n) is 12.9. The van der Waals surface area contributed by atoms with E-state index in [0.717, 1.165) is 48.4 Å². The van der Waals surface area contributed by atoms with Crippen LogP contribution in [0.3, 0.4) is 0 Å². The normalized spacial score (nSPS) is 31.5. The van der Waals surface area contributed by atoms with E-state index >= 15 is 0 Å². The Hall–Kier alpha value is -2.48. The molecular weight excluding hydrogens is 404 g/mol. The lowest BCUT2D eigenvalue weighted by molar-refractivity contribution is 0.227. The Morgan fingerprint density at radius 3 is 1.36 bits per heavy atom. The molecule has 0 N–H and O–H groups in total. The SMILES string of the molecule is CC(C)(c1ccc(OCC2CC3C=CC2C3)cc1)c1ccc(OCC2CC3C=CC2C3)cc1. The van der Waals surface area contributed by atoms with Crippen molar-refractivity contribution in [1.82, 2.24) is 0 Å². The van der Waals surface area contributed by atoms with Gasteiger partial charge in [0, 0.05) is 5.41 Å². The minimum atomic E-state index is -0.0676. The fourth-order valence-electron chi connectivity index (χ4n) is 6.68. The predicted molar refractivity (Wildman–Crippen MR) is 134 cm³/mol. The average Bonchev–Trinajstić information content (AvgIpc) is 3.64. The van der Waals surface area contributed by atoms with Crippen LogP contribution in [0.25, 0.3) is 0 Å². The van der Waals surface area contributed by atoms with E-state index < -0.39 is 0 Å². The Labute approximate surface area is 198 Å². The molecular formula is C31H36O2. The van der Waals surface area contributed by atoms with Crippen LogP contribution in [0.5, 0.6) is 11.5 Å². The second-order valence-electron chi connectivity index (χ2n) is 11.4. The molecule has 0 heterocycles. The highest BCUT2D eigenvalue weighted by atomic mass is 16.5. The van der Waals surface area contributed by atoms with E-state index in [4.69, 9.17) is 9.47 Å². The first-order chi connectivity index (χ1) is 16.0. The van der Waals surface area contributed by atoms with Crippen LogP contribution in [0, 0.1) is 35.5 Å². The van der Waals surface area contributed by atoms with Crippen molar-refractivity contribution in [1.29, 1.82) is 0 Å². The van der Waals surface area contributed by atoms with Gasteiger partial charge in [-0.3, -0.25) is 0 Å². The average molecular weight is 441 g/mol. The Kier molecular flexibility index (Phi) is 5.35. The molecule has 2 aromatic rings. The third-order valence-electron chi connectivity index (χ3n) is 8.91. The van der Waals surface area contributed by atoms with Crippen LogP contribution in [0.15, 0.2) is 72.8 Å². The van der Waals surface area contributed by atoms with Gasteiger partial charge >= 0.3 is 0 Å². The smallest absolute Gasteiger partial charge is 0.119 e. The summed E-state index contributed by atoms with van der Waals surface area (Å²) in [6.45, 7) is 6.27. The largest absolute Gasteiger partial charge is 0.493 e. The van der Waals surface area contributed by atoms with Crippen molar-refractivity contribution in [2.75, 3.05) is 13.2 Å². The number of fused-ring (bicyclic) bond motifs is 4. The Morgan fingerprint density at radius 2 is 1.03 bits per heavy atom. The van der Waals surface area contributed by atoms with Gasteiger partial charge in [0.05, 0.1) is 13.2 Å². The molecule has 4 aliphatic carbocycles. The molecule has 0 spiro atoms. The van der Waals surface area contributed by atoms with Gasteiger partial charge in [-0.05, 0) is 96.6 Å². The zero-order chi connectivity index (χ0) is 22.4. The summed E-state index contributed by atoms with van der Waals surface area (Å²) in [4.78, 5) is 0. The second kappa shape index (κ2) is 8.38. The summed E-state index contributed by atoms with van der Waals surface area (Å²) in [7, 11) is 0. The molecule has 2 saturated carbocycles. The summed E-state index contributed by atoms with van der Waals surface area (Å²) >= 11 is 0. The van der Waals surface area contributed by atoms with E-state index in [1.807, 2.05) is 0 Å². The molecule has 172 valence electrons. The van der Waals surface area contributed by atoms with Gasteiger partial charge in [-0.15, -0.1) is 0 Å². The van der Waals surface area contributed by atoms with Crippen molar-refractivity contribution in [2.24, 2.45) is 35.5 Å². The third kappa shape index (κ3) is 4.14. The van der Waals surface area contributed by atoms with Crippen LogP contribution in [0.4, 0.5) is 0 Å². The van der Waals surface area contributed by atoms with Crippen LogP contribution in [-0.2, 0) is 5.41 Å². The molecule has 4 bridgehead atoms. The van der Waals surface area contributed by atoms with E-state index in [2.05, 4.69) is 86.7 Å². The van der Waals surface area contributed by atoms with Crippen molar-refractivity contribution >= 4 is 0 Å². The monoisotopic (exact) mass is 440 g/mol. The van der Waals surface area contributed by atoms with Gasteiger partial charge in [-0.25, -0.2) is 0 Å². The Bertz CT molecular complexity index is 946. The highest BCUT2D eigenvalue weighted by Crippen LogP contribution is 2.44.